The van der Waals surface area contributed by atoms with Crippen LogP contribution in [0.4, 0.5) is 0 Å². The molecule has 10 aromatic rings. The Hall–Kier alpha value is -6.51. The summed E-state index contributed by atoms with van der Waals surface area (Å²) in [6.45, 7) is 0. The standard InChI is InChI=1S/C47H29NO/c1-3-13-31(14-4-1)43-44-45(48-42-22-12-11-21-40(42)47(44)49-46(43)33-15-5-2-6-16-33)32-25-23-30(24-26-32)34-27-28-39-37-19-8-7-17-35(37)36-18-9-10-20-38(36)41(39)29-34/h1-29H. The lowest BCUT2D eigenvalue weighted by atomic mass is 9.91. The number of hydrogen-bond acceptors (Lipinski definition) is 2. The average molecular weight is 624 g/mol. The molecule has 0 saturated carbocycles. The molecule has 0 atom stereocenters. The van der Waals surface area contributed by atoms with E-state index in [2.05, 4.69) is 164 Å². The van der Waals surface area contributed by atoms with E-state index >= 15 is 0 Å². The van der Waals surface area contributed by atoms with Crippen molar-refractivity contribution in [1.82, 2.24) is 4.98 Å². The van der Waals surface area contributed by atoms with E-state index < -0.39 is 0 Å². The first-order valence-electron chi connectivity index (χ1n) is 16.7. The monoisotopic (exact) mass is 623 g/mol. The molecule has 0 aliphatic rings. The third-order valence-corrected chi connectivity index (χ3v) is 9.86. The number of nitrogens with zero attached hydrogens (tertiary/aromatic N) is 1. The van der Waals surface area contributed by atoms with Gasteiger partial charge in [0.05, 0.1) is 16.6 Å². The zero-order valence-electron chi connectivity index (χ0n) is 26.6. The zero-order valence-corrected chi connectivity index (χ0v) is 26.6. The van der Waals surface area contributed by atoms with Gasteiger partial charge in [0.2, 0.25) is 0 Å². The molecule has 0 saturated heterocycles. The molecule has 0 amide bonds. The highest BCUT2D eigenvalue weighted by atomic mass is 16.3. The van der Waals surface area contributed by atoms with Crippen molar-refractivity contribution in [3.63, 3.8) is 0 Å². The summed E-state index contributed by atoms with van der Waals surface area (Å²) in [5.74, 6) is 0.855. The summed E-state index contributed by atoms with van der Waals surface area (Å²) in [7, 11) is 0. The lowest BCUT2D eigenvalue weighted by molar-refractivity contribution is 0.636. The molecule has 0 spiro atoms. The first kappa shape index (κ1) is 27.6. The van der Waals surface area contributed by atoms with Gasteiger partial charge in [-0.1, -0.05) is 158 Å². The Morgan fingerprint density at radius 2 is 0.837 bits per heavy atom. The number of furan rings is 1. The quantitative estimate of drug-likeness (QED) is 0.182. The maximum Gasteiger partial charge on any atom is 0.147 e. The maximum atomic E-state index is 6.87. The van der Waals surface area contributed by atoms with Gasteiger partial charge in [0.15, 0.2) is 0 Å². The van der Waals surface area contributed by atoms with Gasteiger partial charge in [0.25, 0.3) is 0 Å². The van der Waals surface area contributed by atoms with Crippen LogP contribution in [0, 0.1) is 0 Å². The topological polar surface area (TPSA) is 26.0 Å². The van der Waals surface area contributed by atoms with E-state index in [0.717, 1.165) is 55.6 Å². The Bertz CT molecular complexity index is 2810. The highest BCUT2D eigenvalue weighted by Crippen LogP contribution is 2.47. The number of rotatable bonds is 4. The molecule has 0 bridgehead atoms. The molecule has 0 radical (unpaired) electrons. The van der Waals surface area contributed by atoms with Crippen molar-refractivity contribution in [3.05, 3.63) is 176 Å². The van der Waals surface area contributed by atoms with Gasteiger partial charge in [-0.2, -0.15) is 0 Å². The minimum Gasteiger partial charge on any atom is -0.455 e. The summed E-state index contributed by atoms with van der Waals surface area (Å²) in [5.41, 5.74) is 9.30. The minimum absolute atomic E-state index is 0.855. The molecule has 10 rings (SSSR count). The molecule has 2 heterocycles. The summed E-state index contributed by atoms with van der Waals surface area (Å²) in [5, 5.41) is 9.73. The number of pyridine rings is 1. The van der Waals surface area contributed by atoms with Crippen LogP contribution in [0.25, 0.3) is 99.0 Å². The van der Waals surface area contributed by atoms with Gasteiger partial charge >= 0.3 is 0 Å². The second kappa shape index (κ2) is 11.0. The Morgan fingerprint density at radius 1 is 0.347 bits per heavy atom. The average Bonchev–Trinajstić information content (AvgIpc) is 3.60. The molecule has 8 aromatic carbocycles. The smallest absolute Gasteiger partial charge is 0.147 e. The van der Waals surface area contributed by atoms with E-state index in [-0.39, 0.29) is 0 Å². The van der Waals surface area contributed by atoms with Crippen molar-refractivity contribution in [2.24, 2.45) is 0 Å². The summed E-state index contributed by atoms with van der Waals surface area (Å²) in [4.78, 5) is 5.31. The molecule has 0 fully saturated rings. The van der Waals surface area contributed by atoms with Crippen molar-refractivity contribution < 1.29 is 4.42 Å². The van der Waals surface area contributed by atoms with Gasteiger partial charge in [0, 0.05) is 22.1 Å². The lowest BCUT2D eigenvalue weighted by Gasteiger charge is -2.12. The number of benzene rings is 8. The molecule has 49 heavy (non-hydrogen) atoms. The molecular formula is C47H29NO. The summed E-state index contributed by atoms with van der Waals surface area (Å²) in [6, 6.07) is 62.4. The zero-order chi connectivity index (χ0) is 32.3. The molecule has 0 aliphatic carbocycles. The SMILES string of the molecule is c1ccc(-c2oc3c(c(-c4ccc(-c5ccc6c7ccccc7c7ccccc7c6c5)cc4)nc4ccccc43)c2-c2ccccc2)cc1. The fraction of sp³-hybridized carbons (Fsp3) is 0. The van der Waals surface area contributed by atoms with E-state index in [0.29, 0.717) is 0 Å². The molecule has 0 unspecified atom stereocenters. The van der Waals surface area contributed by atoms with Crippen LogP contribution in [0.1, 0.15) is 0 Å². The summed E-state index contributed by atoms with van der Waals surface area (Å²) < 4.78 is 6.87. The second-order valence-corrected chi connectivity index (χ2v) is 12.6. The maximum absolute atomic E-state index is 6.87. The normalized spacial score (nSPS) is 11.7. The van der Waals surface area contributed by atoms with Crippen LogP contribution < -0.4 is 0 Å². The van der Waals surface area contributed by atoms with Gasteiger partial charge in [-0.15, -0.1) is 0 Å². The van der Waals surface area contributed by atoms with Crippen LogP contribution in [0.5, 0.6) is 0 Å². The highest BCUT2D eigenvalue weighted by molar-refractivity contribution is 6.25. The predicted octanol–water partition coefficient (Wildman–Crippen LogP) is 13.1. The van der Waals surface area contributed by atoms with Crippen molar-refractivity contribution in [2.45, 2.75) is 0 Å². The Labute approximate surface area is 283 Å². The molecule has 228 valence electrons. The van der Waals surface area contributed by atoms with Crippen molar-refractivity contribution in [2.75, 3.05) is 0 Å². The fourth-order valence-corrected chi connectivity index (χ4v) is 7.58. The molecular weight excluding hydrogens is 595 g/mol. The van der Waals surface area contributed by atoms with Crippen molar-refractivity contribution in [3.8, 4) is 44.8 Å². The van der Waals surface area contributed by atoms with Crippen LogP contribution in [-0.4, -0.2) is 4.98 Å². The number of aromatic nitrogens is 1. The van der Waals surface area contributed by atoms with Crippen molar-refractivity contribution in [1.29, 1.82) is 0 Å². The highest BCUT2D eigenvalue weighted by Gasteiger charge is 2.24. The lowest BCUT2D eigenvalue weighted by Crippen LogP contribution is -1.90. The van der Waals surface area contributed by atoms with E-state index in [4.69, 9.17) is 9.40 Å². The summed E-state index contributed by atoms with van der Waals surface area (Å²) >= 11 is 0. The number of para-hydroxylation sites is 1. The van der Waals surface area contributed by atoms with Crippen molar-refractivity contribution >= 4 is 54.2 Å². The molecule has 2 aromatic heterocycles. The van der Waals surface area contributed by atoms with Gasteiger partial charge in [0.1, 0.15) is 11.3 Å². The van der Waals surface area contributed by atoms with Crippen LogP contribution in [0.15, 0.2) is 180 Å². The molecule has 0 N–H and O–H groups in total. The number of fused-ring (bicyclic) bond motifs is 9. The van der Waals surface area contributed by atoms with E-state index in [1.165, 1.54) is 43.4 Å². The first-order valence-corrected chi connectivity index (χ1v) is 16.7. The second-order valence-electron chi connectivity index (χ2n) is 12.6. The van der Waals surface area contributed by atoms with E-state index in [1.54, 1.807) is 0 Å². The van der Waals surface area contributed by atoms with Crippen LogP contribution >= 0.6 is 0 Å². The van der Waals surface area contributed by atoms with Gasteiger partial charge in [-0.05, 0) is 67.2 Å². The van der Waals surface area contributed by atoms with Crippen LogP contribution in [0.2, 0.25) is 0 Å². The predicted molar refractivity (Wildman–Crippen MR) is 206 cm³/mol. The molecule has 2 nitrogen and oxygen atoms in total. The van der Waals surface area contributed by atoms with Gasteiger partial charge < -0.3 is 4.42 Å². The van der Waals surface area contributed by atoms with Crippen LogP contribution in [0.3, 0.4) is 0 Å². The Morgan fingerprint density at radius 3 is 1.49 bits per heavy atom. The number of hydrogen-bond donors (Lipinski definition) is 0. The third-order valence-electron chi connectivity index (χ3n) is 9.86. The minimum atomic E-state index is 0.855. The van der Waals surface area contributed by atoms with Gasteiger partial charge in [-0.25, -0.2) is 4.98 Å². The fourth-order valence-electron chi connectivity index (χ4n) is 7.58. The molecule has 2 heteroatoms. The summed E-state index contributed by atoms with van der Waals surface area (Å²) in [6.07, 6.45) is 0. The van der Waals surface area contributed by atoms with Gasteiger partial charge in [-0.3, -0.25) is 0 Å². The van der Waals surface area contributed by atoms with Crippen LogP contribution in [-0.2, 0) is 0 Å². The largest absolute Gasteiger partial charge is 0.455 e. The Balaban J connectivity index is 1.18. The van der Waals surface area contributed by atoms with E-state index in [1.807, 2.05) is 12.1 Å². The third kappa shape index (κ3) is 4.38. The first-order chi connectivity index (χ1) is 24.3. The van der Waals surface area contributed by atoms with E-state index in [9.17, 15) is 0 Å². The Kier molecular flexibility index (Phi) is 6.22. The molecule has 0 aliphatic heterocycles.